The number of benzene rings is 1. The van der Waals surface area contributed by atoms with Crippen LogP contribution in [0.4, 0.5) is 0 Å². The van der Waals surface area contributed by atoms with Crippen LogP contribution < -0.4 is 0 Å². The highest BCUT2D eigenvalue weighted by molar-refractivity contribution is 7.18. The summed E-state index contributed by atoms with van der Waals surface area (Å²) < 4.78 is 1.07. The lowest BCUT2D eigenvalue weighted by Gasteiger charge is -1.89. The van der Waals surface area contributed by atoms with Crippen molar-refractivity contribution in [1.82, 2.24) is 4.98 Å². The number of phenols is 1. The molecule has 0 spiro atoms. The van der Waals surface area contributed by atoms with Crippen LogP contribution in [-0.2, 0) is 6.42 Å². The maximum Gasteiger partial charge on any atom is 0.142 e. The molecule has 2 rings (SSSR count). The number of aromatic hydroxyl groups is 1. The van der Waals surface area contributed by atoms with E-state index in [4.69, 9.17) is 0 Å². The van der Waals surface area contributed by atoms with Gasteiger partial charge in [-0.3, -0.25) is 0 Å². The van der Waals surface area contributed by atoms with E-state index in [0.29, 0.717) is 0 Å². The second kappa shape index (κ2) is 3.34. The Hall–Kier alpha value is -1.09. The molecule has 1 N–H and O–H groups in total. The van der Waals surface area contributed by atoms with Crippen molar-refractivity contribution in [3.63, 3.8) is 0 Å². The summed E-state index contributed by atoms with van der Waals surface area (Å²) in [6.45, 7) is 2.13. The first-order valence-electron chi connectivity index (χ1n) is 4.38. The summed E-state index contributed by atoms with van der Waals surface area (Å²) in [7, 11) is 0. The molecular formula is C10H11NOS. The maximum absolute atomic E-state index is 9.50. The molecule has 1 aromatic carbocycles. The van der Waals surface area contributed by atoms with Crippen molar-refractivity contribution >= 4 is 21.6 Å². The Morgan fingerprint density at radius 1 is 1.46 bits per heavy atom. The summed E-state index contributed by atoms with van der Waals surface area (Å²) in [6.07, 6.45) is 2.10. The van der Waals surface area contributed by atoms with Crippen LogP contribution >= 0.6 is 11.3 Å². The van der Waals surface area contributed by atoms with E-state index in [1.165, 1.54) is 0 Å². The first-order chi connectivity index (χ1) is 6.31. The van der Waals surface area contributed by atoms with E-state index in [2.05, 4.69) is 11.9 Å². The molecule has 2 nitrogen and oxygen atoms in total. The van der Waals surface area contributed by atoms with Crippen molar-refractivity contribution in [1.29, 1.82) is 0 Å². The Morgan fingerprint density at radius 3 is 3.00 bits per heavy atom. The molecule has 1 heterocycles. The first-order valence-corrected chi connectivity index (χ1v) is 5.20. The quantitative estimate of drug-likeness (QED) is 0.795. The van der Waals surface area contributed by atoms with Gasteiger partial charge in [0.1, 0.15) is 11.3 Å². The predicted molar refractivity (Wildman–Crippen MR) is 55.3 cm³/mol. The van der Waals surface area contributed by atoms with E-state index in [1.807, 2.05) is 12.1 Å². The summed E-state index contributed by atoms with van der Waals surface area (Å²) in [5.74, 6) is 0.288. The summed E-state index contributed by atoms with van der Waals surface area (Å²) in [5, 5.41) is 10.6. The van der Waals surface area contributed by atoms with Gasteiger partial charge in [-0.25, -0.2) is 4.98 Å². The predicted octanol–water partition coefficient (Wildman–Crippen LogP) is 2.95. The van der Waals surface area contributed by atoms with Gasteiger partial charge in [0.25, 0.3) is 0 Å². The second-order valence-electron chi connectivity index (χ2n) is 2.98. The molecule has 0 aliphatic carbocycles. The fourth-order valence-electron chi connectivity index (χ4n) is 1.30. The number of thiazole rings is 1. The third-order valence-electron chi connectivity index (χ3n) is 1.91. The third kappa shape index (κ3) is 1.52. The smallest absolute Gasteiger partial charge is 0.142 e. The Morgan fingerprint density at radius 2 is 2.31 bits per heavy atom. The normalized spacial score (nSPS) is 10.8. The molecule has 0 atom stereocenters. The van der Waals surface area contributed by atoms with E-state index in [1.54, 1.807) is 17.4 Å². The number of aromatic nitrogens is 1. The van der Waals surface area contributed by atoms with Gasteiger partial charge < -0.3 is 5.11 Å². The minimum atomic E-state index is 0.288. The molecule has 0 radical (unpaired) electrons. The van der Waals surface area contributed by atoms with Gasteiger partial charge >= 0.3 is 0 Å². The summed E-state index contributed by atoms with van der Waals surface area (Å²) in [6, 6.07) is 5.52. The van der Waals surface area contributed by atoms with Crippen LogP contribution in [0.2, 0.25) is 0 Å². The molecule has 0 unspecified atom stereocenters. The van der Waals surface area contributed by atoms with E-state index >= 15 is 0 Å². The van der Waals surface area contributed by atoms with Crippen molar-refractivity contribution in [2.45, 2.75) is 19.8 Å². The number of nitrogens with zero attached hydrogens (tertiary/aromatic N) is 1. The van der Waals surface area contributed by atoms with Crippen LogP contribution in [0.25, 0.3) is 10.2 Å². The van der Waals surface area contributed by atoms with Gasteiger partial charge in [-0.1, -0.05) is 13.0 Å². The van der Waals surface area contributed by atoms with Gasteiger partial charge in [-0.05, 0) is 25.0 Å². The van der Waals surface area contributed by atoms with Crippen LogP contribution in [-0.4, -0.2) is 10.1 Å². The molecule has 0 fully saturated rings. The van der Waals surface area contributed by atoms with Crippen LogP contribution in [0.15, 0.2) is 18.2 Å². The van der Waals surface area contributed by atoms with Gasteiger partial charge in [0, 0.05) is 0 Å². The Labute approximate surface area is 80.9 Å². The zero-order valence-electron chi connectivity index (χ0n) is 7.45. The Kier molecular flexibility index (Phi) is 2.19. The molecule has 3 heteroatoms. The van der Waals surface area contributed by atoms with Crippen LogP contribution in [0, 0.1) is 0 Å². The standard InChI is InChI=1S/C10H11NOS/c1-2-4-9-11-10-7(12)5-3-6-8(10)13-9/h3,5-6,12H,2,4H2,1H3. The number of fused-ring (bicyclic) bond motifs is 1. The molecule has 1 aromatic heterocycles. The SMILES string of the molecule is CCCc1nc2c(O)cccc2s1. The third-order valence-corrected chi connectivity index (χ3v) is 2.99. The molecule has 2 aromatic rings. The number of rotatable bonds is 2. The molecule has 0 bridgehead atoms. The molecule has 0 amide bonds. The lowest BCUT2D eigenvalue weighted by atomic mass is 10.3. The monoisotopic (exact) mass is 193 g/mol. The molecule has 0 saturated heterocycles. The maximum atomic E-state index is 9.50. The van der Waals surface area contributed by atoms with E-state index in [0.717, 1.165) is 28.1 Å². The molecule has 68 valence electrons. The zero-order valence-corrected chi connectivity index (χ0v) is 8.27. The van der Waals surface area contributed by atoms with Crippen LogP contribution in [0.5, 0.6) is 5.75 Å². The average Bonchev–Trinajstić information content (AvgIpc) is 2.49. The van der Waals surface area contributed by atoms with E-state index in [-0.39, 0.29) is 5.75 Å². The Balaban J connectivity index is 2.55. The number of para-hydroxylation sites is 1. The first kappa shape index (κ1) is 8.51. The van der Waals surface area contributed by atoms with Gasteiger partial charge in [0.05, 0.1) is 9.71 Å². The number of aryl methyl sites for hydroxylation is 1. The molecular weight excluding hydrogens is 182 g/mol. The topological polar surface area (TPSA) is 33.1 Å². The number of phenolic OH excluding ortho intramolecular Hbond substituents is 1. The molecule has 0 aliphatic rings. The largest absolute Gasteiger partial charge is 0.506 e. The van der Waals surface area contributed by atoms with Gasteiger partial charge in [0.15, 0.2) is 0 Å². The summed E-state index contributed by atoms with van der Waals surface area (Å²) >= 11 is 1.66. The number of hydrogen-bond donors (Lipinski definition) is 1. The summed E-state index contributed by atoms with van der Waals surface area (Å²) in [4.78, 5) is 4.37. The summed E-state index contributed by atoms with van der Waals surface area (Å²) in [5.41, 5.74) is 0.746. The zero-order chi connectivity index (χ0) is 9.26. The van der Waals surface area contributed by atoms with Crippen molar-refractivity contribution in [2.24, 2.45) is 0 Å². The van der Waals surface area contributed by atoms with Crippen molar-refractivity contribution in [3.8, 4) is 5.75 Å². The van der Waals surface area contributed by atoms with Crippen molar-refractivity contribution < 1.29 is 5.11 Å². The Bertz CT molecular complexity index is 422. The number of hydrogen-bond acceptors (Lipinski definition) is 3. The lowest BCUT2D eigenvalue weighted by Crippen LogP contribution is -1.78. The van der Waals surface area contributed by atoms with Crippen LogP contribution in [0.3, 0.4) is 0 Å². The fraction of sp³-hybridized carbons (Fsp3) is 0.300. The fourth-order valence-corrected chi connectivity index (χ4v) is 2.39. The van der Waals surface area contributed by atoms with Crippen molar-refractivity contribution in [3.05, 3.63) is 23.2 Å². The van der Waals surface area contributed by atoms with E-state index < -0.39 is 0 Å². The van der Waals surface area contributed by atoms with Gasteiger partial charge in [-0.15, -0.1) is 11.3 Å². The molecule has 13 heavy (non-hydrogen) atoms. The van der Waals surface area contributed by atoms with Crippen molar-refractivity contribution in [2.75, 3.05) is 0 Å². The minimum absolute atomic E-state index is 0.288. The molecule has 0 saturated carbocycles. The highest BCUT2D eigenvalue weighted by Crippen LogP contribution is 2.28. The highest BCUT2D eigenvalue weighted by Gasteiger charge is 2.05. The highest BCUT2D eigenvalue weighted by atomic mass is 32.1. The van der Waals surface area contributed by atoms with Gasteiger partial charge in [-0.2, -0.15) is 0 Å². The minimum Gasteiger partial charge on any atom is -0.506 e. The molecule has 0 aliphatic heterocycles. The van der Waals surface area contributed by atoms with Gasteiger partial charge in [0.2, 0.25) is 0 Å². The average molecular weight is 193 g/mol. The lowest BCUT2D eigenvalue weighted by molar-refractivity contribution is 0.480. The van der Waals surface area contributed by atoms with E-state index in [9.17, 15) is 5.11 Å². The second-order valence-corrected chi connectivity index (χ2v) is 4.10. The van der Waals surface area contributed by atoms with Crippen LogP contribution in [0.1, 0.15) is 18.4 Å².